The summed E-state index contributed by atoms with van der Waals surface area (Å²) in [6, 6.07) is 4.45. The van der Waals surface area contributed by atoms with Gasteiger partial charge in [-0.25, -0.2) is 13.5 Å². The van der Waals surface area contributed by atoms with E-state index in [2.05, 4.69) is 5.10 Å². The summed E-state index contributed by atoms with van der Waals surface area (Å²) in [4.78, 5) is 11.9. The summed E-state index contributed by atoms with van der Waals surface area (Å²) in [5, 5.41) is 3.90. The maximum atomic E-state index is 13.5. The number of aromatic nitrogens is 2. The highest BCUT2D eigenvalue weighted by molar-refractivity contribution is 5.19. The fourth-order valence-electron chi connectivity index (χ4n) is 1.70. The van der Waals surface area contributed by atoms with Crippen molar-refractivity contribution in [1.82, 2.24) is 9.78 Å². The molecule has 2 rings (SSSR count). The van der Waals surface area contributed by atoms with Crippen LogP contribution in [0.2, 0.25) is 0 Å². The summed E-state index contributed by atoms with van der Waals surface area (Å²) in [7, 11) is 0. The normalized spacial score (nSPS) is 10.6. The summed E-state index contributed by atoms with van der Waals surface area (Å²) < 4.78 is 32.7. The van der Waals surface area contributed by atoms with Crippen molar-refractivity contribution in [2.75, 3.05) is 13.2 Å². The summed E-state index contributed by atoms with van der Waals surface area (Å²) >= 11 is 0. The quantitative estimate of drug-likeness (QED) is 0.815. The van der Waals surface area contributed by atoms with Gasteiger partial charge in [0.15, 0.2) is 0 Å². The Balaban J connectivity index is 2.12. The summed E-state index contributed by atoms with van der Waals surface area (Å²) in [5.74, 6) is -1.04. The Bertz CT molecular complexity index is 674. The Hall–Kier alpha value is -2.28. The molecule has 0 aliphatic rings. The third kappa shape index (κ3) is 4.09. The molecule has 0 radical (unpaired) electrons. The number of nitrogens with two attached hydrogens (primary N) is 1. The minimum absolute atomic E-state index is 0.0754. The molecule has 0 saturated heterocycles. The molecule has 5 nitrogen and oxygen atoms in total. The molecule has 112 valence electrons. The van der Waals surface area contributed by atoms with Gasteiger partial charge in [-0.3, -0.25) is 4.79 Å². The molecule has 0 fully saturated rings. The molecule has 2 N–H and O–H groups in total. The third-order valence-electron chi connectivity index (χ3n) is 2.80. The molecule has 0 spiro atoms. The van der Waals surface area contributed by atoms with E-state index in [1.807, 2.05) is 0 Å². The largest absolute Gasteiger partial charge is 0.492 e. The second-order valence-corrected chi connectivity index (χ2v) is 4.41. The van der Waals surface area contributed by atoms with Crippen molar-refractivity contribution >= 4 is 0 Å². The fourth-order valence-corrected chi connectivity index (χ4v) is 1.70. The molecular formula is C14H15F2N3O2. The van der Waals surface area contributed by atoms with E-state index in [0.717, 1.165) is 16.8 Å². The van der Waals surface area contributed by atoms with Gasteiger partial charge in [0, 0.05) is 17.7 Å². The Kier molecular flexibility index (Phi) is 4.99. The predicted octanol–water partition coefficient (Wildman–Crippen LogP) is 1.30. The van der Waals surface area contributed by atoms with Gasteiger partial charge >= 0.3 is 0 Å². The lowest BCUT2D eigenvalue weighted by Gasteiger charge is -2.08. The second kappa shape index (κ2) is 6.94. The molecule has 1 heterocycles. The minimum atomic E-state index is -0.716. The highest BCUT2D eigenvalue weighted by atomic mass is 19.1. The van der Waals surface area contributed by atoms with Crippen molar-refractivity contribution in [1.29, 1.82) is 0 Å². The van der Waals surface area contributed by atoms with Gasteiger partial charge in [0.1, 0.15) is 17.4 Å². The highest BCUT2D eigenvalue weighted by Crippen LogP contribution is 2.10. The van der Waals surface area contributed by atoms with Crippen molar-refractivity contribution in [2.45, 2.75) is 13.0 Å². The smallest absolute Gasteiger partial charge is 0.270 e. The summed E-state index contributed by atoms with van der Waals surface area (Å²) in [5.41, 5.74) is 5.09. The number of benzene rings is 1. The number of ether oxygens (including phenoxy) is 1. The predicted molar refractivity (Wildman–Crippen MR) is 73.1 cm³/mol. The lowest BCUT2D eigenvalue weighted by Crippen LogP contribution is -2.23. The molecule has 0 unspecified atom stereocenters. The van der Waals surface area contributed by atoms with Crippen LogP contribution in [0.5, 0.6) is 5.75 Å². The molecule has 1 aromatic carbocycles. The Morgan fingerprint density at radius 2 is 2.10 bits per heavy atom. The first-order chi connectivity index (χ1) is 10.1. The lowest BCUT2D eigenvalue weighted by atomic mass is 10.2. The topological polar surface area (TPSA) is 70.1 Å². The second-order valence-electron chi connectivity index (χ2n) is 4.41. The molecule has 0 saturated carbocycles. The van der Waals surface area contributed by atoms with Crippen LogP contribution in [-0.4, -0.2) is 22.9 Å². The number of halogens is 2. The standard InChI is InChI=1S/C14H15F2N3O2/c15-11-3-2-10(13(16)6-11)9-19-14(20)7-12(8-18-19)21-5-1-4-17/h2-3,6-8H,1,4-5,9,17H2. The van der Waals surface area contributed by atoms with Crippen molar-refractivity contribution in [2.24, 2.45) is 5.73 Å². The van der Waals surface area contributed by atoms with Gasteiger partial charge in [0.05, 0.1) is 19.3 Å². The first-order valence-corrected chi connectivity index (χ1v) is 6.44. The van der Waals surface area contributed by atoms with Gasteiger partial charge in [-0.15, -0.1) is 0 Å². The maximum Gasteiger partial charge on any atom is 0.270 e. The van der Waals surface area contributed by atoms with Gasteiger partial charge in [-0.2, -0.15) is 5.10 Å². The van der Waals surface area contributed by atoms with Gasteiger partial charge < -0.3 is 10.5 Å². The van der Waals surface area contributed by atoms with E-state index in [1.165, 1.54) is 18.3 Å². The van der Waals surface area contributed by atoms with Crippen molar-refractivity contribution in [3.05, 3.63) is 58.0 Å². The van der Waals surface area contributed by atoms with Crippen molar-refractivity contribution in [3.8, 4) is 5.75 Å². The molecular weight excluding hydrogens is 280 g/mol. The summed E-state index contributed by atoms with van der Waals surface area (Å²) in [6.45, 7) is 0.816. The average Bonchev–Trinajstić information content (AvgIpc) is 2.44. The minimum Gasteiger partial charge on any atom is -0.492 e. The zero-order chi connectivity index (χ0) is 15.2. The Morgan fingerprint density at radius 3 is 2.76 bits per heavy atom. The fraction of sp³-hybridized carbons (Fsp3) is 0.286. The third-order valence-corrected chi connectivity index (χ3v) is 2.80. The van der Waals surface area contributed by atoms with Gasteiger partial charge in [0.2, 0.25) is 0 Å². The van der Waals surface area contributed by atoms with E-state index < -0.39 is 17.2 Å². The van der Waals surface area contributed by atoms with Gasteiger partial charge in [-0.1, -0.05) is 6.07 Å². The number of hydrogen-bond donors (Lipinski definition) is 1. The van der Waals surface area contributed by atoms with E-state index >= 15 is 0 Å². The van der Waals surface area contributed by atoms with E-state index in [4.69, 9.17) is 10.5 Å². The summed E-state index contributed by atoms with van der Waals surface area (Å²) in [6.07, 6.45) is 2.04. The van der Waals surface area contributed by atoms with Crippen LogP contribution in [-0.2, 0) is 6.54 Å². The zero-order valence-electron chi connectivity index (χ0n) is 11.3. The SMILES string of the molecule is NCCCOc1cnn(Cc2ccc(F)cc2F)c(=O)c1. The van der Waals surface area contributed by atoms with Gasteiger partial charge in [-0.05, 0) is 19.0 Å². The van der Waals surface area contributed by atoms with Gasteiger partial charge in [0.25, 0.3) is 5.56 Å². The molecule has 2 aromatic rings. The number of hydrogen-bond acceptors (Lipinski definition) is 4. The van der Waals surface area contributed by atoms with E-state index in [-0.39, 0.29) is 12.1 Å². The van der Waals surface area contributed by atoms with Crippen molar-refractivity contribution in [3.63, 3.8) is 0 Å². The first kappa shape index (κ1) is 15.1. The zero-order valence-corrected chi connectivity index (χ0v) is 11.3. The average molecular weight is 295 g/mol. The van der Waals surface area contributed by atoms with E-state index in [0.29, 0.717) is 25.3 Å². The number of rotatable bonds is 6. The van der Waals surface area contributed by atoms with Crippen LogP contribution in [0.25, 0.3) is 0 Å². The van der Waals surface area contributed by atoms with Crippen LogP contribution in [0.15, 0.2) is 35.3 Å². The molecule has 0 aliphatic carbocycles. The van der Waals surface area contributed by atoms with Crippen LogP contribution in [0.1, 0.15) is 12.0 Å². The lowest BCUT2D eigenvalue weighted by molar-refractivity contribution is 0.309. The Morgan fingerprint density at radius 1 is 1.29 bits per heavy atom. The molecule has 0 atom stereocenters. The van der Waals surface area contributed by atoms with Crippen molar-refractivity contribution < 1.29 is 13.5 Å². The molecule has 7 heteroatoms. The van der Waals surface area contributed by atoms with E-state index in [9.17, 15) is 13.6 Å². The number of nitrogens with zero attached hydrogens (tertiary/aromatic N) is 2. The van der Waals surface area contributed by atoms with Crippen LogP contribution >= 0.6 is 0 Å². The monoisotopic (exact) mass is 295 g/mol. The van der Waals surface area contributed by atoms with E-state index in [1.54, 1.807) is 0 Å². The van der Waals surface area contributed by atoms with Crippen LogP contribution in [0, 0.1) is 11.6 Å². The molecule has 0 aliphatic heterocycles. The first-order valence-electron chi connectivity index (χ1n) is 6.44. The van der Waals surface area contributed by atoms with Crippen LogP contribution in [0.4, 0.5) is 8.78 Å². The molecule has 0 amide bonds. The van der Waals surface area contributed by atoms with Crippen LogP contribution in [0.3, 0.4) is 0 Å². The molecule has 0 bridgehead atoms. The maximum absolute atomic E-state index is 13.5. The molecule has 21 heavy (non-hydrogen) atoms. The molecule has 1 aromatic heterocycles. The highest BCUT2D eigenvalue weighted by Gasteiger charge is 2.07. The Labute approximate surface area is 120 Å². The van der Waals surface area contributed by atoms with Crippen LogP contribution < -0.4 is 16.0 Å².